The predicted octanol–water partition coefficient (Wildman–Crippen LogP) is 3.62. The zero-order valence-corrected chi connectivity index (χ0v) is 17.1. The van der Waals surface area contributed by atoms with Crippen molar-refractivity contribution in [2.75, 3.05) is 44.7 Å². The van der Waals surface area contributed by atoms with Gasteiger partial charge < -0.3 is 14.7 Å². The normalized spacial score (nSPS) is 14.7. The van der Waals surface area contributed by atoms with Crippen molar-refractivity contribution in [2.45, 2.75) is 0 Å². The fourth-order valence-electron chi connectivity index (χ4n) is 3.23. The molecular weight excluding hydrogens is 421 g/mol. The summed E-state index contributed by atoms with van der Waals surface area (Å²) in [4.78, 5) is 27.1. The molecule has 0 aliphatic carbocycles. The van der Waals surface area contributed by atoms with Crippen molar-refractivity contribution >= 4 is 40.4 Å². The standard InChI is InChI=1S/C19H19Cl2N3O5/c1-29-17-10-12(9-15(19(17)26)24(27)28)16(25)11-22-5-7-23(8-6-22)14-4-2-3-13(20)18(14)21/h2-4,9-10,26H,5-8,11H2,1H3. The number of carbonyl (C=O) groups is 1. The molecule has 1 N–H and O–H groups in total. The lowest BCUT2D eigenvalue weighted by Crippen LogP contribution is -2.48. The van der Waals surface area contributed by atoms with Gasteiger partial charge in [0, 0.05) is 37.8 Å². The van der Waals surface area contributed by atoms with Gasteiger partial charge in [-0.25, -0.2) is 0 Å². The molecule has 29 heavy (non-hydrogen) atoms. The number of nitro benzene ring substituents is 1. The van der Waals surface area contributed by atoms with Crippen LogP contribution in [0.15, 0.2) is 30.3 Å². The summed E-state index contributed by atoms with van der Waals surface area (Å²) >= 11 is 12.4. The maximum absolute atomic E-state index is 12.7. The van der Waals surface area contributed by atoms with Crippen LogP contribution in [-0.4, -0.2) is 60.5 Å². The molecular formula is C19H19Cl2N3O5. The minimum atomic E-state index is -0.748. The molecule has 8 nitrogen and oxygen atoms in total. The van der Waals surface area contributed by atoms with Gasteiger partial charge in [-0.2, -0.15) is 0 Å². The summed E-state index contributed by atoms with van der Waals surface area (Å²) in [5.41, 5.74) is 0.406. The highest BCUT2D eigenvalue weighted by Gasteiger charge is 2.25. The van der Waals surface area contributed by atoms with E-state index in [2.05, 4.69) is 4.90 Å². The van der Waals surface area contributed by atoms with Crippen molar-refractivity contribution < 1.29 is 19.6 Å². The summed E-state index contributed by atoms with van der Waals surface area (Å²) in [5.74, 6) is -0.996. The van der Waals surface area contributed by atoms with Crippen LogP contribution in [0.5, 0.6) is 11.5 Å². The van der Waals surface area contributed by atoms with Gasteiger partial charge in [-0.15, -0.1) is 0 Å². The van der Waals surface area contributed by atoms with Crippen LogP contribution >= 0.6 is 23.2 Å². The van der Waals surface area contributed by atoms with Crippen LogP contribution < -0.4 is 9.64 Å². The van der Waals surface area contributed by atoms with Crippen LogP contribution in [0, 0.1) is 10.1 Å². The lowest BCUT2D eigenvalue weighted by molar-refractivity contribution is -0.386. The molecule has 0 aromatic heterocycles. The van der Waals surface area contributed by atoms with Gasteiger partial charge in [0.15, 0.2) is 11.5 Å². The zero-order valence-electron chi connectivity index (χ0n) is 15.6. The molecule has 1 aliphatic rings. The van der Waals surface area contributed by atoms with Gasteiger partial charge in [-0.05, 0) is 18.2 Å². The molecule has 1 fully saturated rings. The van der Waals surface area contributed by atoms with Crippen LogP contribution in [-0.2, 0) is 0 Å². The lowest BCUT2D eigenvalue weighted by atomic mass is 10.1. The van der Waals surface area contributed by atoms with Gasteiger partial charge in [-0.3, -0.25) is 19.8 Å². The first-order valence-electron chi connectivity index (χ1n) is 8.81. The van der Waals surface area contributed by atoms with Gasteiger partial charge in [0.25, 0.3) is 0 Å². The molecule has 2 aromatic carbocycles. The largest absolute Gasteiger partial charge is 0.500 e. The van der Waals surface area contributed by atoms with Crippen LogP contribution in [0.4, 0.5) is 11.4 Å². The number of ketones is 1. The van der Waals surface area contributed by atoms with Crippen molar-refractivity contribution in [1.29, 1.82) is 0 Å². The van der Waals surface area contributed by atoms with Crippen LogP contribution in [0.3, 0.4) is 0 Å². The Hall–Kier alpha value is -2.55. The summed E-state index contributed by atoms with van der Waals surface area (Å²) in [7, 11) is 1.27. The van der Waals surface area contributed by atoms with E-state index in [0.717, 1.165) is 11.8 Å². The average Bonchev–Trinajstić information content (AvgIpc) is 2.70. The molecule has 0 radical (unpaired) electrons. The van der Waals surface area contributed by atoms with Crippen LogP contribution in [0.2, 0.25) is 10.0 Å². The SMILES string of the molecule is COc1cc(C(=O)CN2CCN(c3cccc(Cl)c3Cl)CC2)cc([N+](=O)[O-])c1O. The Morgan fingerprint density at radius 2 is 1.93 bits per heavy atom. The first-order valence-corrected chi connectivity index (χ1v) is 9.57. The monoisotopic (exact) mass is 439 g/mol. The zero-order chi connectivity index (χ0) is 21.1. The van der Waals surface area contributed by atoms with Gasteiger partial charge in [0.1, 0.15) is 0 Å². The van der Waals surface area contributed by atoms with Crippen LogP contribution in [0.25, 0.3) is 0 Å². The molecule has 1 aliphatic heterocycles. The number of carbonyl (C=O) groups excluding carboxylic acids is 1. The number of Topliss-reactive ketones (excluding diaryl/α,β-unsaturated/α-hetero) is 1. The fraction of sp³-hybridized carbons (Fsp3) is 0.316. The minimum Gasteiger partial charge on any atom is -0.500 e. The number of rotatable bonds is 6. The number of anilines is 1. The van der Waals surface area contributed by atoms with Gasteiger partial charge in [-0.1, -0.05) is 29.3 Å². The number of benzene rings is 2. The Morgan fingerprint density at radius 3 is 2.55 bits per heavy atom. The summed E-state index contributed by atoms with van der Waals surface area (Å²) in [6.45, 7) is 2.65. The number of phenolic OH excluding ortho intramolecular Hbond substituents is 1. The molecule has 0 saturated carbocycles. The Labute approximate surface area is 177 Å². The smallest absolute Gasteiger partial charge is 0.315 e. The summed E-state index contributed by atoms with van der Waals surface area (Å²) in [5, 5.41) is 22.0. The number of methoxy groups -OCH3 is 1. The fourth-order valence-corrected chi connectivity index (χ4v) is 3.64. The highest BCUT2D eigenvalue weighted by atomic mass is 35.5. The first kappa shape index (κ1) is 21.2. The summed E-state index contributed by atoms with van der Waals surface area (Å²) in [6, 6.07) is 7.85. The molecule has 1 saturated heterocycles. The number of hydrogen-bond donors (Lipinski definition) is 1. The quantitative estimate of drug-likeness (QED) is 0.416. The number of halogens is 2. The number of piperazine rings is 1. The molecule has 0 bridgehead atoms. The van der Waals surface area contributed by atoms with Gasteiger partial charge in [0.2, 0.25) is 5.75 Å². The molecule has 1 heterocycles. The van der Waals surface area contributed by atoms with E-state index < -0.39 is 16.4 Å². The summed E-state index contributed by atoms with van der Waals surface area (Å²) in [6.07, 6.45) is 0. The van der Waals surface area contributed by atoms with Crippen molar-refractivity contribution in [1.82, 2.24) is 4.90 Å². The van der Waals surface area contributed by atoms with Crippen molar-refractivity contribution in [3.63, 3.8) is 0 Å². The van der Waals surface area contributed by atoms with Gasteiger partial charge in [0.05, 0.1) is 34.3 Å². The maximum Gasteiger partial charge on any atom is 0.315 e. The van der Waals surface area contributed by atoms with Gasteiger partial charge >= 0.3 is 5.69 Å². The molecule has 0 amide bonds. The topological polar surface area (TPSA) is 96.2 Å². The third-order valence-electron chi connectivity index (χ3n) is 4.80. The maximum atomic E-state index is 12.7. The Morgan fingerprint density at radius 1 is 1.24 bits per heavy atom. The van der Waals surface area contributed by atoms with E-state index in [4.69, 9.17) is 27.9 Å². The lowest BCUT2D eigenvalue weighted by Gasteiger charge is -2.36. The molecule has 154 valence electrons. The van der Waals surface area contributed by atoms with E-state index in [0.29, 0.717) is 36.2 Å². The third kappa shape index (κ3) is 4.55. The summed E-state index contributed by atoms with van der Waals surface area (Å²) < 4.78 is 4.95. The van der Waals surface area contributed by atoms with E-state index in [9.17, 15) is 20.0 Å². The average molecular weight is 440 g/mol. The highest BCUT2D eigenvalue weighted by molar-refractivity contribution is 6.43. The third-order valence-corrected chi connectivity index (χ3v) is 5.61. The highest BCUT2D eigenvalue weighted by Crippen LogP contribution is 2.37. The van der Waals surface area contributed by atoms with Crippen molar-refractivity contribution in [3.05, 3.63) is 56.1 Å². The van der Waals surface area contributed by atoms with E-state index in [1.54, 1.807) is 6.07 Å². The number of aromatic hydroxyl groups is 1. The molecule has 0 spiro atoms. The second kappa shape index (κ2) is 8.86. The Balaban J connectivity index is 1.68. The minimum absolute atomic E-state index is 0.0994. The van der Waals surface area contributed by atoms with E-state index in [1.165, 1.54) is 13.2 Å². The number of nitrogens with zero attached hydrogens (tertiary/aromatic N) is 3. The second-order valence-electron chi connectivity index (χ2n) is 6.56. The molecule has 3 rings (SSSR count). The van der Waals surface area contributed by atoms with Crippen LogP contribution in [0.1, 0.15) is 10.4 Å². The van der Waals surface area contributed by atoms with Crippen molar-refractivity contribution in [2.24, 2.45) is 0 Å². The van der Waals surface area contributed by atoms with E-state index >= 15 is 0 Å². The Kier molecular flexibility index (Phi) is 6.46. The van der Waals surface area contributed by atoms with Crippen molar-refractivity contribution in [3.8, 4) is 11.5 Å². The number of ether oxygens (including phenoxy) is 1. The number of phenols is 1. The Bertz CT molecular complexity index is 946. The van der Waals surface area contributed by atoms with E-state index in [1.807, 2.05) is 17.0 Å². The molecule has 10 heteroatoms. The number of nitro groups is 1. The molecule has 0 unspecified atom stereocenters. The molecule has 2 aromatic rings. The number of hydrogen-bond acceptors (Lipinski definition) is 7. The van der Waals surface area contributed by atoms with E-state index in [-0.39, 0.29) is 23.6 Å². The second-order valence-corrected chi connectivity index (χ2v) is 7.35. The predicted molar refractivity (Wildman–Crippen MR) is 111 cm³/mol. The first-order chi connectivity index (χ1) is 13.8. The molecule has 0 atom stereocenters.